The van der Waals surface area contributed by atoms with Crippen LogP contribution in [0.25, 0.3) is 0 Å². The smallest absolute Gasteiger partial charge is 0.427 e. The highest BCUT2D eigenvalue weighted by atomic mass is 35.5. The number of ether oxygens (including phenoxy) is 1. The van der Waals surface area contributed by atoms with Crippen LogP contribution in [0.4, 0.5) is 10.5 Å². The minimum atomic E-state index is -1.88. The van der Waals surface area contributed by atoms with E-state index in [2.05, 4.69) is 20.6 Å². The molecule has 3 rings (SSSR count). The van der Waals surface area contributed by atoms with Crippen LogP contribution in [-0.4, -0.2) is 29.9 Å². The molecule has 0 aromatic heterocycles. The number of aliphatic hydroxyl groups is 1. The van der Waals surface area contributed by atoms with E-state index in [0.29, 0.717) is 21.8 Å². The predicted octanol–water partition coefficient (Wildman–Crippen LogP) is 3.28. The van der Waals surface area contributed by atoms with Gasteiger partial charge in [0.05, 0.1) is 17.8 Å². The van der Waals surface area contributed by atoms with E-state index in [1.54, 1.807) is 36.4 Å². The molecular formula is C18H15Cl2N3O4. The minimum Gasteiger partial charge on any atom is -0.452 e. The van der Waals surface area contributed by atoms with Crippen molar-refractivity contribution in [1.82, 2.24) is 5.43 Å². The maximum atomic E-state index is 12.5. The van der Waals surface area contributed by atoms with Crippen molar-refractivity contribution >= 4 is 46.6 Å². The number of carbonyl (C=O) groups excluding carboxylic acids is 2. The highest BCUT2D eigenvalue weighted by molar-refractivity contribution is 6.37. The summed E-state index contributed by atoms with van der Waals surface area (Å²) in [7, 11) is 1.19. The monoisotopic (exact) mass is 407 g/mol. The largest absolute Gasteiger partial charge is 0.452 e. The number of hydrazone groups is 1. The molecule has 7 nitrogen and oxygen atoms in total. The first-order valence-corrected chi connectivity index (χ1v) is 8.60. The Labute approximate surface area is 164 Å². The normalized spacial score (nSPS) is 18.7. The molecule has 1 heterocycles. The molecule has 0 aliphatic carbocycles. The molecule has 9 heteroatoms. The van der Waals surface area contributed by atoms with Crippen molar-refractivity contribution < 1.29 is 19.4 Å². The maximum absolute atomic E-state index is 12.5. The third-order valence-corrected chi connectivity index (χ3v) is 4.68. The van der Waals surface area contributed by atoms with E-state index in [0.717, 1.165) is 0 Å². The molecule has 0 radical (unpaired) electrons. The number of halogens is 2. The lowest BCUT2D eigenvalue weighted by Gasteiger charge is -2.22. The van der Waals surface area contributed by atoms with E-state index in [4.69, 9.17) is 23.2 Å². The highest BCUT2D eigenvalue weighted by Gasteiger charge is 2.46. The number of nitrogens with zero attached hydrogens (tertiary/aromatic N) is 1. The number of anilines is 1. The number of hydrogen-bond donors (Lipinski definition) is 3. The Morgan fingerprint density at radius 1 is 1.30 bits per heavy atom. The Morgan fingerprint density at radius 2 is 2.04 bits per heavy atom. The second-order valence-electron chi connectivity index (χ2n) is 5.82. The number of carbonyl (C=O) groups is 2. The lowest BCUT2D eigenvalue weighted by Crippen LogP contribution is -2.37. The summed E-state index contributed by atoms with van der Waals surface area (Å²) in [4.78, 5) is 23.9. The third kappa shape index (κ3) is 3.75. The van der Waals surface area contributed by atoms with Crippen molar-refractivity contribution in [2.24, 2.45) is 5.10 Å². The van der Waals surface area contributed by atoms with Gasteiger partial charge in [-0.15, -0.1) is 0 Å². The standard InChI is InChI=1S/C18H15Cl2N3O4/c1-27-17(25)23-22-15(11-7-6-10(19)8-13(11)20)9-18(26)12-4-2-3-5-14(12)21-16(18)24/h2-8,26H,9H2,1H3,(H,21,24)(H,23,25). The number of rotatable bonds is 4. The topological polar surface area (TPSA) is 100 Å². The zero-order valence-electron chi connectivity index (χ0n) is 14.1. The summed E-state index contributed by atoms with van der Waals surface area (Å²) >= 11 is 12.2. The Balaban J connectivity index is 2.04. The van der Waals surface area contributed by atoms with Crippen LogP contribution in [0.1, 0.15) is 17.5 Å². The molecule has 2 aromatic carbocycles. The molecule has 0 fully saturated rings. The number of fused-ring (bicyclic) bond motifs is 1. The summed E-state index contributed by atoms with van der Waals surface area (Å²) in [5.74, 6) is -0.598. The first-order valence-electron chi connectivity index (χ1n) is 7.84. The van der Waals surface area contributed by atoms with Crippen molar-refractivity contribution in [3.05, 3.63) is 63.6 Å². The van der Waals surface area contributed by atoms with Crippen LogP contribution >= 0.6 is 23.2 Å². The summed E-state index contributed by atoms with van der Waals surface area (Å²) in [6.45, 7) is 0. The first kappa shape index (κ1) is 19.2. The molecule has 0 saturated carbocycles. The fraction of sp³-hybridized carbons (Fsp3) is 0.167. The van der Waals surface area contributed by atoms with Gasteiger partial charge >= 0.3 is 6.09 Å². The van der Waals surface area contributed by atoms with Gasteiger partial charge in [0, 0.05) is 28.3 Å². The summed E-state index contributed by atoms with van der Waals surface area (Å²) in [6, 6.07) is 11.5. The zero-order chi connectivity index (χ0) is 19.6. The third-order valence-electron chi connectivity index (χ3n) is 4.13. The minimum absolute atomic E-state index is 0.177. The second-order valence-corrected chi connectivity index (χ2v) is 6.67. The van der Waals surface area contributed by atoms with E-state index in [1.165, 1.54) is 13.2 Å². The van der Waals surface area contributed by atoms with Gasteiger partial charge in [0.2, 0.25) is 0 Å². The SMILES string of the molecule is COC(=O)NN=C(CC1(O)C(=O)Nc2ccccc21)c1ccc(Cl)cc1Cl. The van der Waals surface area contributed by atoms with Gasteiger partial charge in [-0.25, -0.2) is 10.2 Å². The van der Waals surface area contributed by atoms with Crippen LogP contribution in [-0.2, 0) is 15.1 Å². The van der Waals surface area contributed by atoms with Gasteiger partial charge in [-0.1, -0.05) is 47.5 Å². The van der Waals surface area contributed by atoms with Gasteiger partial charge in [0.15, 0.2) is 5.60 Å². The number of hydrogen-bond acceptors (Lipinski definition) is 5. The van der Waals surface area contributed by atoms with Gasteiger partial charge in [0.25, 0.3) is 5.91 Å². The van der Waals surface area contributed by atoms with Crippen LogP contribution < -0.4 is 10.7 Å². The van der Waals surface area contributed by atoms with Crippen LogP contribution in [0.5, 0.6) is 0 Å². The molecule has 0 spiro atoms. The summed E-state index contributed by atoms with van der Waals surface area (Å²) < 4.78 is 4.51. The molecule has 0 bridgehead atoms. The molecule has 3 N–H and O–H groups in total. The average molecular weight is 408 g/mol. The number of amides is 2. The fourth-order valence-electron chi connectivity index (χ4n) is 2.80. The summed E-state index contributed by atoms with van der Waals surface area (Å²) in [5, 5.41) is 18.4. The average Bonchev–Trinajstić information content (AvgIpc) is 2.89. The molecule has 1 aliphatic heterocycles. The zero-order valence-corrected chi connectivity index (χ0v) is 15.6. The molecule has 2 aromatic rings. The van der Waals surface area contributed by atoms with Crippen molar-refractivity contribution in [3.63, 3.8) is 0 Å². The Morgan fingerprint density at radius 3 is 2.74 bits per heavy atom. The molecule has 140 valence electrons. The Kier molecular flexibility index (Phi) is 5.36. The molecule has 1 unspecified atom stereocenters. The van der Waals surface area contributed by atoms with Gasteiger partial charge in [0.1, 0.15) is 0 Å². The van der Waals surface area contributed by atoms with E-state index < -0.39 is 17.6 Å². The van der Waals surface area contributed by atoms with Crippen LogP contribution in [0.3, 0.4) is 0 Å². The Bertz CT molecular complexity index is 948. The van der Waals surface area contributed by atoms with E-state index in [1.807, 2.05) is 0 Å². The van der Waals surface area contributed by atoms with Crippen LogP contribution in [0.2, 0.25) is 10.0 Å². The number of para-hydroxylation sites is 1. The number of methoxy groups -OCH3 is 1. The van der Waals surface area contributed by atoms with Crippen molar-refractivity contribution in [2.75, 3.05) is 12.4 Å². The highest BCUT2D eigenvalue weighted by Crippen LogP contribution is 2.39. The quantitative estimate of drug-likeness (QED) is 0.534. The van der Waals surface area contributed by atoms with Crippen LogP contribution in [0, 0.1) is 0 Å². The molecule has 0 saturated heterocycles. The van der Waals surface area contributed by atoms with E-state index in [-0.39, 0.29) is 17.2 Å². The Hall–Kier alpha value is -2.61. The number of nitrogens with one attached hydrogen (secondary N) is 2. The van der Waals surface area contributed by atoms with Gasteiger partial charge in [-0.05, 0) is 18.2 Å². The summed E-state index contributed by atoms with van der Waals surface area (Å²) in [5.41, 5.74) is 1.81. The van der Waals surface area contributed by atoms with Crippen molar-refractivity contribution in [2.45, 2.75) is 12.0 Å². The fourth-order valence-corrected chi connectivity index (χ4v) is 3.31. The van der Waals surface area contributed by atoms with Crippen molar-refractivity contribution in [3.8, 4) is 0 Å². The molecular weight excluding hydrogens is 393 g/mol. The molecule has 2 amide bonds. The lowest BCUT2D eigenvalue weighted by atomic mass is 9.87. The van der Waals surface area contributed by atoms with Crippen molar-refractivity contribution in [1.29, 1.82) is 0 Å². The first-order chi connectivity index (χ1) is 12.8. The summed E-state index contributed by atoms with van der Waals surface area (Å²) in [6.07, 6.45) is -1.04. The molecule has 1 atom stereocenters. The number of benzene rings is 2. The second kappa shape index (κ2) is 7.56. The molecule has 1 aliphatic rings. The maximum Gasteiger partial charge on any atom is 0.427 e. The van der Waals surface area contributed by atoms with Gasteiger partial charge < -0.3 is 15.2 Å². The van der Waals surface area contributed by atoms with Gasteiger partial charge in [-0.3, -0.25) is 4.79 Å². The predicted molar refractivity (Wildman–Crippen MR) is 102 cm³/mol. The van der Waals surface area contributed by atoms with E-state index in [9.17, 15) is 14.7 Å². The van der Waals surface area contributed by atoms with Gasteiger partial charge in [-0.2, -0.15) is 5.10 Å². The van der Waals surface area contributed by atoms with Crippen LogP contribution in [0.15, 0.2) is 47.6 Å². The van der Waals surface area contributed by atoms with E-state index >= 15 is 0 Å². The lowest BCUT2D eigenvalue weighted by molar-refractivity contribution is -0.132. The molecule has 27 heavy (non-hydrogen) atoms.